The van der Waals surface area contributed by atoms with Crippen LogP contribution in [0.15, 0.2) is 77.5 Å². The molecular weight excluding hydrogens is 532 g/mol. The first-order valence-electron chi connectivity index (χ1n) is 14.2. The number of benzene rings is 1. The first-order valence-corrected chi connectivity index (χ1v) is 14.2. The fraction of sp³-hybridized carbons (Fsp3) is 0.344. The molecule has 1 unspecified atom stereocenters. The predicted molar refractivity (Wildman–Crippen MR) is 154 cm³/mol. The van der Waals surface area contributed by atoms with E-state index in [-0.39, 0.29) is 18.3 Å². The number of hydrogen-bond donors (Lipinski definition) is 0. The second-order valence-corrected chi connectivity index (χ2v) is 10.3. The molecule has 1 fully saturated rings. The molecule has 1 amide bonds. The van der Waals surface area contributed by atoms with Crippen LogP contribution in [0.4, 0.5) is 0 Å². The van der Waals surface area contributed by atoms with Gasteiger partial charge in [-0.2, -0.15) is 0 Å². The normalized spacial score (nSPS) is 17.7. The fourth-order valence-corrected chi connectivity index (χ4v) is 5.03. The van der Waals surface area contributed by atoms with Crippen molar-refractivity contribution < 1.29 is 18.8 Å². The van der Waals surface area contributed by atoms with E-state index in [9.17, 15) is 4.79 Å². The molecule has 0 bridgehead atoms. The van der Waals surface area contributed by atoms with Gasteiger partial charge in [-0.25, -0.2) is 9.97 Å². The molecule has 0 spiro atoms. The van der Waals surface area contributed by atoms with Crippen molar-refractivity contribution in [3.8, 4) is 23.2 Å². The molecule has 0 N–H and O–H groups in total. The summed E-state index contributed by atoms with van der Waals surface area (Å²) in [5.74, 6) is 7.88. The van der Waals surface area contributed by atoms with Crippen molar-refractivity contribution in [3.05, 3.63) is 95.7 Å². The maximum atomic E-state index is 12.6. The Morgan fingerprint density at radius 3 is 2.81 bits per heavy atom. The summed E-state index contributed by atoms with van der Waals surface area (Å²) in [7, 11) is 0. The number of amides is 1. The third-order valence-electron chi connectivity index (χ3n) is 7.31. The minimum absolute atomic E-state index is 0.115. The summed E-state index contributed by atoms with van der Waals surface area (Å²) in [4.78, 5) is 26.9. The minimum atomic E-state index is -0.196. The van der Waals surface area contributed by atoms with Crippen LogP contribution < -0.4 is 0 Å². The minimum Gasteiger partial charge on any atom is -0.356 e. The second kappa shape index (κ2) is 12.9. The van der Waals surface area contributed by atoms with Gasteiger partial charge in [-0.3, -0.25) is 9.78 Å². The van der Waals surface area contributed by atoms with Gasteiger partial charge in [-0.15, -0.1) is 0 Å². The molecule has 4 aromatic rings. The van der Waals surface area contributed by atoms with Crippen molar-refractivity contribution >= 4 is 5.91 Å². The summed E-state index contributed by atoms with van der Waals surface area (Å²) >= 11 is 0. The van der Waals surface area contributed by atoms with Crippen molar-refractivity contribution in [3.63, 3.8) is 0 Å². The number of ether oxygens (including phenoxy) is 2. The fourth-order valence-electron chi connectivity index (χ4n) is 5.03. The van der Waals surface area contributed by atoms with Gasteiger partial charge in [0.05, 0.1) is 12.7 Å². The Morgan fingerprint density at radius 2 is 2.05 bits per heavy atom. The molecule has 2 aliphatic heterocycles. The number of aromatic nitrogens is 5. The van der Waals surface area contributed by atoms with Crippen LogP contribution in [0.1, 0.15) is 66.3 Å². The van der Waals surface area contributed by atoms with Gasteiger partial charge in [-0.1, -0.05) is 23.1 Å². The van der Waals surface area contributed by atoms with Gasteiger partial charge in [-0.05, 0) is 56.9 Å². The molecule has 1 aromatic carbocycles. The van der Waals surface area contributed by atoms with Crippen molar-refractivity contribution in [2.75, 3.05) is 19.7 Å². The van der Waals surface area contributed by atoms with Gasteiger partial charge in [0.2, 0.25) is 0 Å². The molecule has 6 rings (SSSR count). The van der Waals surface area contributed by atoms with Gasteiger partial charge in [0.25, 0.3) is 5.91 Å². The van der Waals surface area contributed by atoms with Gasteiger partial charge in [0.15, 0.2) is 12.1 Å². The average Bonchev–Trinajstić information content (AvgIpc) is 3.71. The number of carbonyl (C=O) groups excluding carboxylic acids is 1. The standard InChI is InChI=1S/C32H32N6O4/c1-23(41-30-4-2-3-19-40-30)31-35-15-18-38(31)22-27-20-29(42-36-27)26-9-7-24(8-10-26)5-6-25-11-16-37(17-12-25)32(39)28-21-33-13-14-34-28/h7-11,13-15,18,20-21,23,30H,2-4,12,16-17,19,22H2,1H3/t23-,30?/m0/s1. The van der Waals surface area contributed by atoms with E-state index in [0.29, 0.717) is 37.5 Å². The Morgan fingerprint density at radius 1 is 1.14 bits per heavy atom. The average molecular weight is 565 g/mol. The molecule has 0 saturated carbocycles. The Bertz CT molecular complexity index is 1590. The zero-order valence-electron chi connectivity index (χ0n) is 23.5. The van der Waals surface area contributed by atoms with Gasteiger partial charge >= 0.3 is 0 Å². The highest BCUT2D eigenvalue weighted by Crippen LogP contribution is 2.25. The third kappa shape index (κ3) is 6.65. The maximum Gasteiger partial charge on any atom is 0.274 e. The number of hydrogen-bond acceptors (Lipinski definition) is 8. The monoisotopic (exact) mass is 564 g/mol. The van der Waals surface area contributed by atoms with E-state index in [1.54, 1.807) is 17.3 Å². The lowest BCUT2D eigenvalue weighted by Gasteiger charge is -2.26. The number of imidazole rings is 1. The number of nitrogens with zero attached hydrogens (tertiary/aromatic N) is 6. The SMILES string of the molecule is C[C@H](OC1CCCCO1)c1nccn1Cc1cc(-c2ccc(C#CC3=CCN(C(=O)c4cnccn4)CC3)cc2)on1. The van der Waals surface area contributed by atoms with E-state index < -0.39 is 0 Å². The smallest absolute Gasteiger partial charge is 0.274 e. The summed E-state index contributed by atoms with van der Waals surface area (Å²) in [6.07, 6.45) is 13.7. The summed E-state index contributed by atoms with van der Waals surface area (Å²) < 4.78 is 19.5. The van der Waals surface area contributed by atoms with E-state index in [1.807, 2.05) is 54.1 Å². The van der Waals surface area contributed by atoms with Gasteiger partial charge < -0.3 is 23.5 Å². The molecule has 1 saturated heterocycles. The first-order chi connectivity index (χ1) is 20.6. The van der Waals surface area contributed by atoms with Crippen LogP contribution in [0, 0.1) is 11.8 Å². The van der Waals surface area contributed by atoms with E-state index >= 15 is 0 Å². The molecule has 10 nitrogen and oxygen atoms in total. The maximum absolute atomic E-state index is 12.6. The molecule has 0 aliphatic carbocycles. The van der Waals surface area contributed by atoms with Crippen LogP contribution in [-0.2, 0) is 16.0 Å². The van der Waals surface area contributed by atoms with Crippen LogP contribution in [-0.4, -0.2) is 61.5 Å². The van der Waals surface area contributed by atoms with Gasteiger partial charge in [0.1, 0.15) is 23.3 Å². The Balaban J connectivity index is 1.04. The zero-order chi connectivity index (χ0) is 28.7. The number of carbonyl (C=O) groups is 1. The van der Waals surface area contributed by atoms with Gasteiger partial charge in [0, 0.05) is 67.3 Å². The molecule has 5 heterocycles. The molecule has 10 heteroatoms. The van der Waals surface area contributed by atoms with Crippen LogP contribution in [0.25, 0.3) is 11.3 Å². The van der Waals surface area contributed by atoms with E-state index in [4.69, 9.17) is 14.0 Å². The lowest BCUT2D eigenvalue weighted by molar-refractivity contribution is -0.188. The molecule has 214 valence electrons. The highest BCUT2D eigenvalue weighted by molar-refractivity contribution is 5.92. The van der Waals surface area contributed by atoms with Crippen molar-refractivity contribution in [2.24, 2.45) is 0 Å². The lowest BCUT2D eigenvalue weighted by Crippen LogP contribution is -2.35. The Hall–Kier alpha value is -4.59. The quantitative estimate of drug-likeness (QED) is 0.295. The van der Waals surface area contributed by atoms with Crippen molar-refractivity contribution in [2.45, 2.75) is 51.5 Å². The highest BCUT2D eigenvalue weighted by Gasteiger charge is 2.22. The van der Waals surface area contributed by atoms with E-state index in [0.717, 1.165) is 54.1 Å². The largest absolute Gasteiger partial charge is 0.356 e. The summed E-state index contributed by atoms with van der Waals surface area (Å²) in [5, 5.41) is 4.28. The predicted octanol–water partition coefficient (Wildman–Crippen LogP) is 4.80. The molecular formula is C32H32N6O4. The van der Waals surface area contributed by atoms with Crippen LogP contribution in [0.2, 0.25) is 0 Å². The summed E-state index contributed by atoms with van der Waals surface area (Å²) in [6, 6.07) is 9.85. The molecule has 42 heavy (non-hydrogen) atoms. The Labute approximate surface area is 244 Å². The summed E-state index contributed by atoms with van der Waals surface area (Å²) in [5.41, 5.74) is 4.00. The van der Waals surface area contributed by atoms with E-state index in [1.165, 1.54) is 12.4 Å². The Kier molecular flexibility index (Phi) is 8.49. The zero-order valence-corrected chi connectivity index (χ0v) is 23.5. The molecule has 2 atom stereocenters. The van der Waals surface area contributed by atoms with Crippen LogP contribution >= 0.6 is 0 Å². The van der Waals surface area contributed by atoms with Crippen molar-refractivity contribution in [1.29, 1.82) is 0 Å². The first kappa shape index (κ1) is 27.6. The third-order valence-corrected chi connectivity index (χ3v) is 7.31. The van der Waals surface area contributed by atoms with Crippen LogP contribution in [0.5, 0.6) is 0 Å². The molecule has 3 aromatic heterocycles. The summed E-state index contributed by atoms with van der Waals surface area (Å²) in [6.45, 7) is 4.38. The molecule has 0 radical (unpaired) electrons. The number of rotatable bonds is 7. The highest BCUT2D eigenvalue weighted by atomic mass is 16.7. The second-order valence-electron chi connectivity index (χ2n) is 10.3. The van der Waals surface area contributed by atoms with Crippen LogP contribution in [0.3, 0.4) is 0 Å². The van der Waals surface area contributed by atoms with E-state index in [2.05, 4.69) is 31.9 Å². The van der Waals surface area contributed by atoms with Crippen molar-refractivity contribution in [1.82, 2.24) is 29.6 Å². The topological polar surface area (TPSA) is 108 Å². The molecule has 2 aliphatic rings. The lowest BCUT2D eigenvalue weighted by atomic mass is 10.1.